The van der Waals surface area contributed by atoms with E-state index in [-0.39, 0.29) is 5.78 Å². The van der Waals surface area contributed by atoms with Crippen molar-refractivity contribution in [3.05, 3.63) is 59.4 Å². The molecule has 7 heteroatoms. The van der Waals surface area contributed by atoms with Crippen molar-refractivity contribution in [2.24, 2.45) is 5.92 Å². The first kappa shape index (κ1) is 22.6. The van der Waals surface area contributed by atoms with Gasteiger partial charge < -0.3 is 14.5 Å². The van der Waals surface area contributed by atoms with Crippen LogP contribution in [0.3, 0.4) is 0 Å². The van der Waals surface area contributed by atoms with Gasteiger partial charge in [0.1, 0.15) is 11.7 Å². The molecular formula is C24H31N3O4+2. The third kappa shape index (κ3) is 4.51. The second-order valence-corrected chi connectivity index (χ2v) is 7.87. The van der Waals surface area contributed by atoms with Crippen LogP contribution in [0.15, 0.2) is 42.7 Å². The number of amides is 1. The maximum atomic E-state index is 13.5. The first-order chi connectivity index (χ1) is 14.9. The van der Waals surface area contributed by atoms with Gasteiger partial charge in [-0.2, -0.15) is 0 Å². The van der Waals surface area contributed by atoms with E-state index in [1.165, 1.54) is 4.90 Å². The van der Waals surface area contributed by atoms with E-state index in [4.69, 9.17) is 4.74 Å². The van der Waals surface area contributed by atoms with Gasteiger partial charge in [-0.1, -0.05) is 0 Å². The molecule has 2 atom stereocenters. The number of pyridine rings is 1. The summed E-state index contributed by atoms with van der Waals surface area (Å²) in [7, 11) is 1.56. The van der Waals surface area contributed by atoms with Gasteiger partial charge in [0.05, 0.1) is 39.3 Å². The summed E-state index contributed by atoms with van der Waals surface area (Å²) in [6.07, 6.45) is 3.52. The fourth-order valence-electron chi connectivity index (χ4n) is 4.28. The molecule has 0 bridgehead atoms. The molecule has 1 saturated heterocycles. The molecule has 3 rings (SSSR count). The normalized spacial score (nSPS) is 18.7. The number of Topliss-reactive ketones (excluding diaryl/α,β-unsaturated/α-hetero) is 2. The Balaban J connectivity index is 2.00. The molecule has 1 fully saturated rings. The highest BCUT2D eigenvalue weighted by atomic mass is 16.5. The van der Waals surface area contributed by atoms with E-state index in [1.807, 2.05) is 19.1 Å². The van der Waals surface area contributed by atoms with Crippen molar-refractivity contribution < 1.29 is 29.0 Å². The third-order valence-electron chi connectivity index (χ3n) is 6.17. The van der Waals surface area contributed by atoms with Crippen LogP contribution in [-0.4, -0.2) is 55.7 Å². The highest BCUT2D eigenvalue weighted by molar-refractivity contribution is 6.44. The van der Waals surface area contributed by atoms with Gasteiger partial charge in [-0.15, -0.1) is 0 Å². The number of carbonyl (C=O) groups is 3. The highest BCUT2D eigenvalue weighted by Gasteiger charge is 2.52. The number of aromatic nitrogens is 1. The minimum Gasteiger partial charge on any atom is -0.497 e. The molecule has 0 spiro atoms. The lowest BCUT2D eigenvalue weighted by molar-refractivity contribution is -0.895. The Morgan fingerprint density at radius 2 is 1.94 bits per heavy atom. The van der Waals surface area contributed by atoms with Crippen LogP contribution in [0, 0.1) is 12.8 Å². The van der Waals surface area contributed by atoms with Gasteiger partial charge in [-0.05, 0) is 50.6 Å². The third-order valence-corrected chi connectivity index (χ3v) is 6.17. The quantitative estimate of drug-likeness (QED) is 0.364. The SMILES string of the molecule is CC[NH+](CC)CCN1C(=O)C(=O)C(C(=O)c2ccc(OC)cc2C)C1c1ccc[nH+]c1. The Kier molecular flexibility index (Phi) is 7.17. The van der Waals surface area contributed by atoms with Gasteiger partial charge in [-0.25, -0.2) is 4.98 Å². The summed E-state index contributed by atoms with van der Waals surface area (Å²) in [5.41, 5.74) is 1.91. The van der Waals surface area contributed by atoms with Gasteiger partial charge in [0.15, 0.2) is 18.2 Å². The lowest BCUT2D eigenvalue weighted by Crippen LogP contribution is -3.12. The number of benzene rings is 1. The molecule has 2 N–H and O–H groups in total. The molecule has 2 aromatic rings. The van der Waals surface area contributed by atoms with Crippen LogP contribution in [0.1, 0.15) is 41.4 Å². The number of likely N-dealkylation sites (tertiary alicyclic amines) is 1. The van der Waals surface area contributed by atoms with Gasteiger partial charge in [0.25, 0.3) is 5.91 Å². The van der Waals surface area contributed by atoms with Crippen molar-refractivity contribution in [1.29, 1.82) is 0 Å². The van der Waals surface area contributed by atoms with Gasteiger partial charge >= 0.3 is 0 Å². The first-order valence-corrected chi connectivity index (χ1v) is 10.8. The number of nitrogens with one attached hydrogen (secondary N) is 2. The van der Waals surface area contributed by atoms with E-state index in [2.05, 4.69) is 18.8 Å². The van der Waals surface area contributed by atoms with E-state index in [1.54, 1.807) is 42.6 Å². The maximum Gasteiger partial charge on any atom is 0.291 e. The molecule has 1 aromatic heterocycles. The molecule has 1 aliphatic rings. The Morgan fingerprint density at radius 3 is 2.52 bits per heavy atom. The lowest BCUT2D eigenvalue weighted by atomic mass is 9.85. The highest BCUT2D eigenvalue weighted by Crippen LogP contribution is 2.38. The molecule has 1 amide bonds. The Labute approximate surface area is 183 Å². The molecule has 2 unspecified atom stereocenters. The van der Waals surface area contributed by atoms with Crippen LogP contribution in [-0.2, 0) is 9.59 Å². The number of aryl methyl sites for hydroxylation is 1. The zero-order valence-electron chi connectivity index (χ0n) is 18.6. The van der Waals surface area contributed by atoms with E-state index >= 15 is 0 Å². The molecule has 0 radical (unpaired) electrons. The molecule has 7 nitrogen and oxygen atoms in total. The zero-order valence-corrected chi connectivity index (χ0v) is 18.6. The number of quaternary nitrogens is 1. The van der Waals surface area contributed by atoms with E-state index in [0.29, 0.717) is 23.4 Å². The van der Waals surface area contributed by atoms with Gasteiger partial charge in [0, 0.05) is 17.2 Å². The minimum atomic E-state index is -1.07. The van der Waals surface area contributed by atoms with E-state index in [9.17, 15) is 14.4 Å². The van der Waals surface area contributed by atoms with Crippen molar-refractivity contribution in [2.45, 2.75) is 26.8 Å². The summed E-state index contributed by atoms with van der Waals surface area (Å²) >= 11 is 0. The molecule has 164 valence electrons. The smallest absolute Gasteiger partial charge is 0.291 e. The molecule has 1 aromatic carbocycles. The fraction of sp³-hybridized carbons (Fsp3) is 0.417. The van der Waals surface area contributed by atoms with Crippen LogP contribution in [0.5, 0.6) is 5.75 Å². The number of H-pyrrole nitrogens is 1. The Bertz CT molecular complexity index is 957. The number of hydrogen-bond donors (Lipinski definition) is 1. The van der Waals surface area contributed by atoms with Crippen LogP contribution < -0.4 is 14.6 Å². The standard InChI is InChI=1S/C24H29N3O4/c1-5-26(6-2)12-13-27-21(17-8-7-11-25-15-17)20(23(29)24(27)30)22(28)19-10-9-18(31-4)14-16(19)3/h7-11,14-15,20-21H,5-6,12-13H2,1-4H3/p+2. The second-order valence-electron chi connectivity index (χ2n) is 7.87. The first-order valence-electron chi connectivity index (χ1n) is 10.8. The maximum absolute atomic E-state index is 13.5. The predicted octanol–water partition coefficient (Wildman–Crippen LogP) is 0.694. The average molecular weight is 426 g/mol. The summed E-state index contributed by atoms with van der Waals surface area (Å²) in [6.45, 7) is 9.02. The largest absolute Gasteiger partial charge is 0.497 e. The lowest BCUT2D eigenvalue weighted by Gasteiger charge is -2.27. The molecule has 2 heterocycles. The molecule has 0 aliphatic carbocycles. The average Bonchev–Trinajstić information content (AvgIpc) is 3.04. The van der Waals surface area contributed by atoms with Crippen molar-refractivity contribution >= 4 is 17.5 Å². The number of nitrogens with zero attached hydrogens (tertiary/aromatic N) is 1. The number of hydrogen-bond acceptors (Lipinski definition) is 4. The molecule has 0 saturated carbocycles. The summed E-state index contributed by atoms with van der Waals surface area (Å²) in [5.74, 6) is -1.97. The van der Waals surface area contributed by atoms with E-state index in [0.717, 1.165) is 25.2 Å². The predicted molar refractivity (Wildman–Crippen MR) is 115 cm³/mol. The van der Waals surface area contributed by atoms with Crippen LogP contribution in [0.25, 0.3) is 0 Å². The summed E-state index contributed by atoms with van der Waals surface area (Å²) in [4.78, 5) is 45.6. The van der Waals surface area contributed by atoms with Crippen LogP contribution in [0.2, 0.25) is 0 Å². The van der Waals surface area contributed by atoms with E-state index < -0.39 is 23.7 Å². The number of likely N-dealkylation sites (N-methyl/N-ethyl adjacent to an activating group) is 1. The van der Waals surface area contributed by atoms with Crippen molar-refractivity contribution in [2.75, 3.05) is 33.3 Å². The number of methoxy groups -OCH3 is 1. The zero-order chi connectivity index (χ0) is 22.5. The fourth-order valence-corrected chi connectivity index (χ4v) is 4.28. The minimum absolute atomic E-state index is 0.329. The Hall–Kier alpha value is -3.06. The number of rotatable bonds is 9. The van der Waals surface area contributed by atoms with Crippen molar-refractivity contribution in [1.82, 2.24) is 4.90 Å². The van der Waals surface area contributed by atoms with Crippen LogP contribution >= 0.6 is 0 Å². The summed E-state index contributed by atoms with van der Waals surface area (Å²) < 4.78 is 5.23. The second kappa shape index (κ2) is 9.83. The molecule has 31 heavy (non-hydrogen) atoms. The van der Waals surface area contributed by atoms with Gasteiger partial charge in [0.2, 0.25) is 5.78 Å². The monoisotopic (exact) mass is 425 g/mol. The van der Waals surface area contributed by atoms with Crippen molar-refractivity contribution in [3.8, 4) is 5.75 Å². The van der Waals surface area contributed by atoms with Crippen molar-refractivity contribution in [3.63, 3.8) is 0 Å². The summed E-state index contributed by atoms with van der Waals surface area (Å²) in [6, 6.07) is 8.18. The molecule has 1 aliphatic heterocycles. The Morgan fingerprint density at radius 1 is 1.19 bits per heavy atom. The number of ether oxygens (including phenoxy) is 1. The van der Waals surface area contributed by atoms with Crippen LogP contribution in [0.4, 0.5) is 0 Å². The summed E-state index contributed by atoms with van der Waals surface area (Å²) in [5, 5.41) is 0. The topological polar surface area (TPSA) is 82.3 Å². The number of carbonyl (C=O) groups excluding carboxylic acids is 3. The van der Waals surface area contributed by atoms with Gasteiger partial charge in [-0.3, -0.25) is 14.4 Å². The molecular weight excluding hydrogens is 394 g/mol. The number of aromatic amines is 1. The number of ketones is 2.